The molecule has 0 N–H and O–H groups in total. The van der Waals surface area contributed by atoms with Crippen molar-refractivity contribution in [3.8, 4) is 0 Å². The van der Waals surface area contributed by atoms with Gasteiger partial charge in [-0.3, -0.25) is 14.3 Å². The first kappa shape index (κ1) is 16.1. The van der Waals surface area contributed by atoms with Crippen LogP contribution in [0, 0.1) is 0 Å². The van der Waals surface area contributed by atoms with Crippen LogP contribution in [-0.2, 0) is 13.6 Å². The Kier molecular flexibility index (Phi) is 3.90. The summed E-state index contributed by atoms with van der Waals surface area (Å²) < 4.78 is 1.74. The summed E-state index contributed by atoms with van der Waals surface area (Å²) in [6.45, 7) is 1.88. The maximum atomic E-state index is 12.7. The molecule has 5 rings (SSSR count). The maximum Gasteiger partial charge on any atom is 0.261 e. The number of benzene rings is 1. The van der Waals surface area contributed by atoms with Gasteiger partial charge in [-0.05, 0) is 44.4 Å². The zero-order chi connectivity index (χ0) is 17.7. The molecule has 5 nitrogen and oxygen atoms in total. The second-order valence-corrected chi connectivity index (χ2v) is 8.32. The van der Waals surface area contributed by atoms with E-state index in [1.807, 2.05) is 31.3 Å². The molecule has 3 heterocycles. The van der Waals surface area contributed by atoms with Gasteiger partial charge in [0.05, 0.1) is 27.6 Å². The SMILES string of the molecule is Cn1c(C2CCCN2Cc2csc(C3CC3)n2)nc2ccccc2c1=O. The molecule has 1 saturated heterocycles. The van der Waals surface area contributed by atoms with E-state index in [-0.39, 0.29) is 11.6 Å². The van der Waals surface area contributed by atoms with Gasteiger partial charge in [0.25, 0.3) is 5.56 Å². The molecule has 0 bridgehead atoms. The highest BCUT2D eigenvalue weighted by Gasteiger charge is 2.31. The summed E-state index contributed by atoms with van der Waals surface area (Å²) in [6, 6.07) is 7.81. The van der Waals surface area contributed by atoms with E-state index in [0.29, 0.717) is 11.3 Å². The first-order chi connectivity index (χ1) is 12.7. The molecule has 1 aliphatic carbocycles. The normalized spacial score (nSPS) is 20.9. The van der Waals surface area contributed by atoms with Gasteiger partial charge in [0, 0.05) is 24.9 Å². The first-order valence-electron chi connectivity index (χ1n) is 9.35. The third-order valence-electron chi connectivity index (χ3n) is 5.54. The van der Waals surface area contributed by atoms with E-state index < -0.39 is 0 Å². The number of thiazole rings is 1. The molecule has 1 aromatic carbocycles. The number of hydrogen-bond donors (Lipinski definition) is 0. The molecule has 1 unspecified atom stereocenters. The Hall–Kier alpha value is -2.05. The molecule has 0 amide bonds. The Morgan fingerprint density at radius 2 is 2.04 bits per heavy atom. The van der Waals surface area contributed by atoms with Crippen molar-refractivity contribution in [2.75, 3.05) is 6.54 Å². The zero-order valence-corrected chi connectivity index (χ0v) is 15.7. The third kappa shape index (κ3) is 2.77. The molecule has 134 valence electrons. The second kappa shape index (κ2) is 6.28. The van der Waals surface area contributed by atoms with E-state index in [9.17, 15) is 4.79 Å². The fraction of sp³-hybridized carbons (Fsp3) is 0.450. The van der Waals surface area contributed by atoms with Gasteiger partial charge in [-0.2, -0.15) is 0 Å². The van der Waals surface area contributed by atoms with Crippen molar-refractivity contribution in [3.05, 3.63) is 56.5 Å². The molecule has 6 heteroatoms. The largest absolute Gasteiger partial charge is 0.298 e. The molecule has 2 aliphatic rings. The van der Waals surface area contributed by atoms with Gasteiger partial charge in [0.2, 0.25) is 0 Å². The summed E-state index contributed by atoms with van der Waals surface area (Å²) in [5.41, 5.74) is 2.00. The van der Waals surface area contributed by atoms with Crippen LogP contribution in [0.5, 0.6) is 0 Å². The quantitative estimate of drug-likeness (QED) is 0.708. The van der Waals surface area contributed by atoms with Gasteiger partial charge >= 0.3 is 0 Å². The lowest BCUT2D eigenvalue weighted by molar-refractivity contribution is 0.232. The summed E-state index contributed by atoms with van der Waals surface area (Å²) in [6.07, 6.45) is 4.76. The van der Waals surface area contributed by atoms with E-state index in [1.54, 1.807) is 15.9 Å². The third-order valence-corrected chi connectivity index (χ3v) is 6.60. The van der Waals surface area contributed by atoms with E-state index in [4.69, 9.17) is 9.97 Å². The molecule has 1 atom stereocenters. The van der Waals surface area contributed by atoms with Gasteiger partial charge in [-0.15, -0.1) is 11.3 Å². The van der Waals surface area contributed by atoms with Crippen LogP contribution in [0.4, 0.5) is 0 Å². The van der Waals surface area contributed by atoms with Gasteiger partial charge in [0.15, 0.2) is 0 Å². The number of para-hydroxylation sites is 1. The Balaban J connectivity index is 1.47. The Labute approximate surface area is 156 Å². The van der Waals surface area contributed by atoms with Gasteiger partial charge in [-0.25, -0.2) is 9.97 Å². The van der Waals surface area contributed by atoms with Crippen molar-refractivity contribution in [1.29, 1.82) is 0 Å². The van der Waals surface area contributed by atoms with Crippen molar-refractivity contribution in [2.45, 2.75) is 44.2 Å². The monoisotopic (exact) mass is 366 g/mol. The predicted octanol–water partition coefficient (Wildman–Crippen LogP) is 3.60. The van der Waals surface area contributed by atoms with Crippen molar-refractivity contribution in [3.63, 3.8) is 0 Å². The Morgan fingerprint density at radius 3 is 2.88 bits per heavy atom. The van der Waals surface area contributed by atoms with Crippen LogP contribution in [0.1, 0.15) is 54.2 Å². The van der Waals surface area contributed by atoms with Crippen LogP contribution in [0.25, 0.3) is 10.9 Å². The molecule has 26 heavy (non-hydrogen) atoms. The summed E-state index contributed by atoms with van der Waals surface area (Å²) >= 11 is 1.80. The predicted molar refractivity (Wildman–Crippen MR) is 103 cm³/mol. The van der Waals surface area contributed by atoms with Crippen LogP contribution in [0.3, 0.4) is 0 Å². The highest BCUT2D eigenvalue weighted by Crippen LogP contribution is 2.41. The molecule has 0 spiro atoms. The minimum atomic E-state index is 0.0436. The molecule has 2 fully saturated rings. The molecule has 0 radical (unpaired) electrons. The summed E-state index contributed by atoms with van der Waals surface area (Å²) in [7, 11) is 1.85. The van der Waals surface area contributed by atoms with Gasteiger partial charge in [-0.1, -0.05) is 12.1 Å². The molecular weight excluding hydrogens is 344 g/mol. The molecule has 1 aliphatic heterocycles. The number of likely N-dealkylation sites (tertiary alicyclic amines) is 1. The topological polar surface area (TPSA) is 51.0 Å². The minimum absolute atomic E-state index is 0.0436. The lowest BCUT2D eigenvalue weighted by atomic mass is 10.1. The van der Waals surface area contributed by atoms with Crippen LogP contribution in [-0.4, -0.2) is 26.0 Å². The van der Waals surface area contributed by atoms with Crippen molar-refractivity contribution in [1.82, 2.24) is 19.4 Å². The van der Waals surface area contributed by atoms with E-state index in [2.05, 4.69) is 10.3 Å². The lowest BCUT2D eigenvalue weighted by Gasteiger charge is -2.24. The minimum Gasteiger partial charge on any atom is -0.298 e. The number of fused-ring (bicyclic) bond motifs is 1. The maximum absolute atomic E-state index is 12.7. The Bertz CT molecular complexity index is 1020. The summed E-state index contributed by atoms with van der Waals surface area (Å²) in [4.78, 5) is 24.9. The summed E-state index contributed by atoms with van der Waals surface area (Å²) in [5.74, 6) is 1.59. The molecule has 3 aromatic rings. The average Bonchev–Trinajstić information content (AvgIpc) is 3.23. The van der Waals surface area contributed by atoms with Crippen molar-refractivity contribution < 1.29 is 0 Å². The fourth-order valence-electron chi connectivity index (χ4n) is 3.96. The zero-order valence-electron chi connectivity index (χ0n) is 14.9. The number of rotatable bonds is 4. The van der Waals surface area contributed by atoms with Crippen LogP contribution >= 0.6 is 11.3 Å². The highest BCUT2D eigenvalue weighted by atomic mass is 32.1. The standard InChI is InChI=1S/C20H22N4OS/c1-23-18(22-16-6-3-2-5-15(16)20(23)25)17-7-4-10-24(17)11-14-12-26-19(21-14)13-8-9-13/h2-3,5-6,12-13,17H,4,7-11H2,1H3. The molecular formula is C20H22N4OS. The van der Waals surface area contributed by atoms with E-state index in [1.165, 1.54) is 17.8 Å². The highest BCUT2D eigenvalue weighted by molar-refractivity contribution is 7.09. The Morgan fingerprint density at radius 1 is 1.19 bits per heavy atom. The van der Waals surface area contributed by atoms with Crippen LogP contribution < -0.4 is 5.56 Å². The van der Waals surface area contributed by atoms with Crippen molar-refractivity contribution >= 4 is 22.2 Å². The van der Waals surface area contributed by atoms with E-state index in [0.717, 1.165) is 43.0 Å². The fourth-order valence-corrected chi connectivity index (χ4v) is 4.94. The second-order valence-electron chi connectivity index (χ2n) is 7.43. The smallest absolute Gasteiger partial charge is 0.261 e. The van der Waals surface area contributed by atoms with E-state index >= 15 is 0 Å². The number of nitrogens with zero attached hydrogens (tertiary/aromatic N) is 4. The number of aromatic nitrogens is 3. The molecule has 1 saturated carbocycles. The summed E-state index contributed by atoms with van der Waals surface area (Å²) in [5, 5.41) is 4.19. The van der Waals surface area contributed by atoms with Crippen molar-refractivity contribution in [2.24, 2.45) is 7.05 Å². The van der Waals surface area contributed by atoms with Gasteiger partial charge in [0.1, 0.15) is 5.82 Å². The number of hydrogen-bond acceptors (Lipinski definition) is 5. The lowest BCUT2D eigenvalue weighted by Crippen LogP contribution is -2.30. The van der Waals surface area contributed by atoms with Gasteiger partial charge < -0.3 is 0 Å². The average molecular weight is 366 g/mol. The molecule has 2 aromatic heterocycles. The van der Waals surface area contributed by atoms with Crippen LogP contribution in [0.15, 0.2) is 34.4 Å². The first-order valence-corrected chi connectivity index (χ1v) is 10.2. The van der Waals surface area contributed by atoms with Crippen LogP contribution in [0.2, 0.25) is 0 Å².